The highest BCUT2D eigenvalue weighted by Gasteiger charge is 2.48. The molecule has 1 amide bonds. The van der Waals surface area contributed by atoms with Crippen LogP contribution in [0.1, 0.15) is 48.4 Å². The molecule has 3 aromatic rings. The Morgan fingerprint density at radius 3 is 2.42 bits per heavy atom. The summed E-state index contributed by atoms with van der Waals surface area (Å²) in [6, 6.07) is 24.6. The lowest BCUT2D eigenvalue weighted by molar-refractivity contribution is -0.132. The number of carbonyl (C=O) groups excluding carboxylic acids is 1. The van der Waals surface area contributed by atoms with Gasteiger partial charge in [-0.15, -0.1) is 0 Å². The summed E-state index contributed by atoms with van der Waals surface area (Å²) in [5.74, 6) is -0.151. The maximum absolute atomic E-state index is 16.9. The SMILES string of the molecule is C[C@H](NC(=O)C1(c2ccccc2)CCC1)C(F)(Cc1ccc(Cl)cc1)c1cccc(C#N)c1. The van der Waals surface area contributed by atoms with Crippen molar-refractivity contribution in [2.75, 3.05) is 0 Å². The maximum Gasteiger partial charge on any atom is 0.230 e. The monoisotopic (exact) mass is 460 g/mol. The van der Waals surface area contributed by atoms with Gasteiger partial charge in [0.2, 0.25) is 5.91 Å². The van der Waals surface area contributed by atoms with Gasteiger partial charge < -0.3 is 5.32 Å². The summed E-state index contributed by atoms with van der Waals surface area (Å²) in [4.78, 5) is 13.5. The zero-order valence-corrected chi connectivity index (χ0v) is 19.3. The second-order valence-electron chi connectivity index (χ2n) is 8.86. The van der Waals surface area contributed by atoms with E-state index < -0.39 is 17.1 Å². The van der Waals surface area contributed by atoms with Gasteiger partial charge in [0.05, 0.1) is 23.1 Å². The molecule has 3 nitrogen and oxygen atoms in total. The van der Waals surface area contributed by atoms with Gasteiger partial charge in [-0.05, 0) is 60.7 Å². The summed E-state index contributed by atoms with van der Waals surface area (Å²) in [6.45, 7) is 1.70. The number of alkyl halides is 1. The van der Waals surface area contributed by atoms with Gasteiger partial charge in [0, 0.05) is 11.4 Å². The maximum atomic E-state index is 16.9. The molecule has 33 heavy (non-hydrogen) atoms. The quantitative estimate of drug-likeness (QED) is 0.453. The van der Waals surface area contributed by atoms with Crippen molar-refractivity contribution >= 4 is 17.5 Å². The van der Waals surface area contributed by atoms with Crippen LogP contribution in [0.3, 0.4) is 0 Å². The molecule has 168 valence electrons. The first-order valence-corrected chi connectivity index (χ1v) is 11.6. The summed E-state index contributed by atoms with van der Waals surface area (Å²) in [5, 5.41) is 12.9. The van der Waals surface area contributed by atoms with Gasteiger partial charge >= 0.3 is 0 Å². The second kappa shape index (κ2) is 9.37. The van der Waals surface area contributed by atoms with Crippen LogP contribution in [0.15, 0.2) is 78.9 Å². The number of nitrogens with zero attached hydrogens (tertiary/aromatic N) is 1. The predicted molar refractivity (Wildman–Crippen MR) is 129 cm³/mol. The second-order valence-corrected chi connectivity index (χ2v) is 9.29. The fourth-order valence-corrected chi connectivity index (χ4v) is 4.76. The van der Waals surface area contributed by atoms with E-state index in [1.54, 1.807) is 55.5 Å². The lowest BCUT2D eigenvalue weighted by Crippen LogP contribution is -2.56. The molecule has 0 saturated heterocycles. The molecule has 0 heterocycles. The van der Waals surface area contributed by atoms with Gasteiger partial charge in [-0.2, -0.15) is 5.26 Å². The van der Waals surface area contributed by atoms with Crippen molar-refractivity contribution in [1.29, 1.82) is 5.26 Å². The Bertz CT molecular complexity index is 1170. The number of benzene rings is 3. The number of carbonyl (C=O) groups is 1. The molecule has 1 saturated carbocycles. The number of nitriles is 1. The van der Waals surface area contributed by atoms with Crippen LogP contribution in [0.25, 0.3) is 0 Å². The number of rotatable bonds is 7. The van der Waals surface area contributed by atoms with Crippen molar-refractivity contribution in [3.8, 4) is 6.07 Å². The van der Waals surface area contributed by atoms with Gasteiger partial charge in [-0.3, -0.25) is 4.79 Å². The zero-order chi connectivity index (χ0) is 23.5. The van der Waals surface area contributed by atoms with Gasteiger partial charge in [-0.1, -0.05) is 72.6 Å². The topological polar surface area (TPSA) is 52.9 Å². The molecule has 0 spiro atoms. The predicted octanol–water partition coefficient (Wildman–Crippen LogP) is 6.25. The van der Waals surface area contributed by atoms with Gasteiger partial charge in [-0.25, -0.2) is 4.39 Å². The number of halogens is 2. The van der Waals surface area contributed by atoms with E-state index in [-0.39, 0.29) is 12.3 Å². The van der Waals surface area contributed by atoms with Crippen LogP contribution in [0.5, 0.6) is 0 Å². The molecule has 0 radical (unpaired) electrons. The van der Waals surface area contributed by atoms with E-state index in [0.29, 0.717) is 16.1 Å². The first-order valence-electron chi connectivity index (χ1n) is 11.2. The molecular weight excluding hydrogens is 435 g/mol. The number of amides is 1. The molecule has 1 N–H and O–H groups in total. The van der Waals surface area contributed by atoms with E-state index >= 15 is 4.39 Å². The van der Waals surface area contributed by atoms with Crippen LogP contribution in [-0.2, 0) is 22.3 Å². The van der Waals surface area contributed by atoms with E-state index in [4.69, 9.17) is 11.6 Å². The fraction of sp³-hybridized carbons (Fsp3) is 0.286. The van der Waals surface area contributed by atoms with E-state index in [2.05, 4.69) is 11.4 Å². The highest BCUT2D eigenvalue weighted by atomic mass is 35.5. The number of nitrogens with one attached hydrogen (secondary N) is 1. The van der Waals surface area contributed by atoms with E-state index in [1.807, 2.05) is 30.3 Å². The van der Waals surface area contributed by atoms with E-state index in [1.165, 1.54) is 0 Å². The molecule has 1 unspecified atom stereocenters. The number of hydrogen-bond donors (Lipinski definition) is 1. The molecule has 4 rings (SSSR count). The molecule has 0 aromatic heterocycles. The van der Waals surface area contributed by atoms with Gasteiger partial charge in [0.1, 0.15) is 0 Å². The van der Waals surface area contributed by atoms with Crippen molar-refractivity contribution in [2.24, 2.45) is 0 Å². The molecule has 1 fully saturated rings. The minimum absolute atomic E-state index is 0.0405. The molecule has 0 bridgehead atoms. The molecule has 1 aliphatic rings. The first-order chi connectivity index (χ1) is 15.9. The van der Waals surface area contributed by atoms with Gasteiger partial charge in [0.15, 0.2) is 5.67 Å². The summed E-state index contributed by atoms with van der Waals surface area (Å²) in [5.41, 5.74) is -0.0691. The summed E-state index contributed by atoms with van der Waals surface area (Å²) in [7, 11) is 0. The van der Waals surface area contributed by atoms with Crippen molar-refractivity contribution in [1.82, 2.24) is 5.32 Å². The Kier molecular flexibility index (Phi) is 6.54. The summed E-state index contributed by atoms with van der Waals surface area (Å²) < 4.78 is 16.9. The smallest absolute Gasteiger partial charge is 0.230 e. The third-order valence-electron chi connectivity index (χ3n) is 6.85. The van der Waals surface area contributed by atoms with Crippen molar-refractivity contribution in [2.45, 2.75) is 49.7 Å². The largest absolute Gasteiger partial charge is 0.349 e. The average Bonchev–Trinajstić information content (AvgIpc) is 2.80. The Labute approximate surface area is 199 Å². The number of hydrogen-bond acceptors (Lipinski definition) is 2. The lowest BCUT2D eigenvalue weighted by atomic mass is 9.63. The average molecular weight is 461 g/mol. The van der Waals surface area contributed by atoms with Crippen LogP contribution in [0.2, 0.25) is 5.02 Å². The highest BCUT2D eigenvalue weighted by Crippen LogP contribution is 2.44. The third kappa shape index (κ3) is 4.51. The summed E-state index contributed by atoms with van der Waals surface area (Å²) >= 11 is 6.01. The van der Waals surface area contributed by atoms with Crippen LogP contribution in [0.4, 0.5) is 4.39 Å². The summed E-state index contributed by atoms with van der Waals surface area (Å²) in [6.07, 6.45) is 2.50. The minimum atomic E-state index is -1.92. The fourth-order valence-electron chi connectivity index (χ4n) is 4.64. The van der Waals surface area contributed by atoms with Crippen molar-refractivity contribution < 1.29 is 9.18 Å². The van der Waals surface area contributed by atoms with Crippen molar-refractivity contribution in [3.63, 3.8) is 0 Å². The highest BCUT2D eigenvalue weighted by molar-refractivity contribution is 6.30. The molecule has 5 heteroatoms. The Balaban J connectivity index is 1.67. The Hall–Kier alpha value is -3.16. The standard InChI is InChI=1S/C28H26ClFN2O/c1-20(32-26(33)27(15-6-16-27)23-8-3-2-4-9-23)28(30,18-21-11-13-25(29)14-12-21)24-10-5-7-22(17-24)19-31/h2-5,7-14,17,20H,6,15-16,18H2,1H3,(H,32,33)/t20-,28?/m0/s1. The molecule has 2 atom stereocenters. The molecule has 1 aliphatic carbocycles. The van der Waals surface area contributed by atoms with Crippen LogP contribution in [0, 0.1) is 11.3 Å². The van der Waals surface area contributed by atoms with Crippen molar-refractivity contribution in [3.05, 3.63) is 106 Å². The normalized spacial score (nSPS) is 17.2. The minimum Gasteiger partial charge on any atom is -0.349 e. The molecular formula is C28H26ClFN2O. The van der Waals surface area contributed by atoms with Gasteiger partial charge in [0.25, 0.3) is 0 Å². The first kappa shape index (κ1) is 23.0. The molecule has 3 aromatic carbocycles. The zero-order valence-electron chi connectivity index (χ0n) is 18.5. The van der Waals surface area contributed by atoms with Crippen LogP contribution < -0.4 is 5.32 Å². The third-order valence-corrected chi connectivity index (χ3v) is 7.10. The Morgan fingerprint density at radius 2 is 1.82 bits per heavy atom. The van der Waals surface area contributed by atoms with E-state index in [9.17, 15) is 10.1 Å². The lowest BCUT2D eigenvalue weighted by Gasteiger charge is -2.43. The van der Waals surface area contributed by atoms with Crippen LogP contribution in [-0.4, -0.2) is 11.9 Å². The van der Waals surface area contributed by atoms with Crippen LogP contribution >= 0.6 is 11.6 Å². The Morgan fingerprint density at radius 1 is 1.12 bits per heavy atom. The molecule has 0 aliphatic heterocycles. The van der Waals surface area contributed by atoms with E-state index in [0.717, 1.165) is 30.4 Å².